The van der Waals surface area contributed by atoms with E-state index in [-0.39, 0.29) is 11.9 Å². The first-order valence-corrected chi connectivity index (χ1v) is 8.45. The van der Waals surface area contributed by atoms with Crippen molar-refractivity contribution in [3.05, 3.63) is 18.2 Å². The van der Waals surface area contributed by atoms with Crippen molar-refractivity contribution in [2.75, 3.05) is 26.2 Å². The second kappa shape index (κ2) is 7.24. The fourth-order valence-corrected chi connectivity index (χ4v) is 3.58. The number of carbonyl (C=O) groups excluding carboxylic acids is 1. The van der Waals surface area contributed by atoms with Gasteiger partial charge in [0.15, 0.2) is 0 Å². The Labute approximate surface area is 132 Å². The van der Waals surface area contributed by atoms with Crippen LogP contribution in [0.25, 0.3) is 0 Å². The Hall–Kier alpha value is -1.40. The van der Waals surface area contributed by atoms with Gasteiger partial charge >= 0.3 is 0 Å². The molecule has 1 aromatic rings. The van der Waals surface area contributed by atoms with Crippen LogP contribution in [-0.4, -0.2) is 52.6 Å². The molecule has 0 radical (unpaired) electrons. The second-order valence-corrected chi connectivity index (χ2v) is 6.45. The van der Waals surface area contributed by atoms with E-state index in [1.807, 2.05) is 19.4 Å². The molecule has 3 rings (SSSR count). The van der Waals surface area contributed by atoms with Crippen LogP contribution >= 0.6 is 0 Å². The summed E-state index contributed by atoms with van der Waals surface area (Å²) in [4.78, 5) is 19.0. The maximum atomic E-state index is 12.1. The SMILES string of the molecule is Cn1ccnc1C1CNCCN1CCC(=O)NC1CCCC1. The smallest absolute Gasteiger partial charge is 0.221 e. The van der Waals surface area contributed by atoms with E-state index < -0.39 is 0 Å². The number of piperazine rings is 1. The molecule has 6 nitrogen and oxygen atoms in total. The molecule has 2 heterocycles. The average Bonchev–Trinajstić information content (AvgIpc) is 3.17. The average molecular weight is 305 g/mol. The van der Waals surface area contributed by atoms with E-state index in [1.165, 1.54) is 12.8 Å². The molecule has 6 heteroatoms. The predicted molar refractivity (Wildman–Crippen MR) is 85.4 cm³/mol. The number of amides is 1. The third-order valence-electron chi connectivity index (χ3n) is 4.86. The molecule has 1 saturated carbocycles. The summed E-state index contributed by atoms with van der Waals surface area (Å²) >= 11 is 0. The standard InChI is InChI=1S/C16H27N5O/c1-20-10-8-18-16(20)14-12-17-7-11-21(14)9-6-15(22)19-13-4-2-3-5-13/h8,10,13-14,17H,2-7,9,11-12H2,1H3,(H,19,22). The summed E-state index contributed by atoms with van der Waals surface area (Å²) in [6.07, 6.45) is 9.21. The molecule has 2 aliphatic rings. The highest BCUT2D eigenvalue weighted by Crippen LogP contribution is 2.21. The van der Waals surface area contributed by atoms with Gasteiger partial charge in [-0.1, -0.05) is 12.8 Å². The van der Waals surface area contributed by atoms with E-state index in [1.54, 1.807) is 0 Å². The Kier molecular flexibility index (Phi) is 5.10. The first-order chi connectivity index (χ1) is 10.7. The van der Waals surface area contributed by atoms with Crippen LogP contribution < -0.4 is 10.6 Å². The van der Waals surface area contributed by atoms with Crippen LogP contribution in [0.4, 0.5) is 0 Å². The zero-order chi connectivity index (χ0) is 15.4. The maximum absolute atomic E-state index is 12.1. The molecule has 1 aliphatic heterocycles. The molecule has 2 fully saturated rings. The summed E-state index contributed by atoms with van der Waals surface area (Å²) in [5, 5.41) is 6.61. The predicted octanol–water partition coefficient (Wildman–Crippen LogP) is 0.815. The number of hydrogen-bond donors (Lipinski definition) is 2. The van der Waals surface area contributed by atoms with Crippen LogP contribution in [0.3, 0.4) is 0 Å². The number of aryl methyl sites for hydroxylation is 1. The molecular weight excluding hydrogens is 278 g/mol. The maximum Gasteiger partial charge on any atom is 0.221 e. The van der Waals surface area contributed by atoms with E-state index in [0.29, 0.717) is 12.5 Å². The molecule has 1 unspecified atom stereocenters. The number of aromatic nitrogens is 2. The van der Waals surface area contributed by atoms with E-state index in [0.717, 1.165) is 44.8 Å². The minimum Gasteiger partial charge on any atom is -0.353 e. The fraction of sp³-hybridized carbons (Fsp3) is 0.750. The first kappa shape index (κ1) is 15.5. The van der Waals surface area contributed by atoms with E-state index >= 15 is 0 Å². The van der Waals surface area contributed by atoms with Gasteiger partial charge in [0.05, 0.1) is 6.04 Å². The summed E-state index contributed by atoms with van der Waals surface area (Å²) in [7, 11) is 2.03. The second-order valence-electron chi connectivity index (χ2n) is 6.45. The van der Waals surface area contributed by atoms with Crippen LogP contribution in [0.2, 0.25) is 0 Å². The lowest BCUT2D eigenvalue weighted by Gasteiger charge is -2.35. The Morgan fingerprint density at radius 2 is 2.27 bits per heavy atom. The summed E-state index contributed by atoms with van der Waals surface area (Å²) in [5.41, 5.74) is 0. The van der Waals surface area contributed by atoms with Crippen molar-refractivity contribution in [3.63, 3.8) is 0 Å². The number of rotatable bonds is 5. The molecule has 0 bridgehead atoms. The number of nitrogens with zero attached hydrogens (tertiary/aromatic N) is 3. The molecule has 1 aromatic heterocycles. The van der Waals surface area contributed by atoms with Crippen LogP contribution in [0.5, 0.6) is 0 Å². The van der Waals surface area contributed by atoms with Crippen molar-refractivity contribution in [2.45, 2.75) is 44.2 Å². The van der Waals surface area contributed by atoms with Gasteiger partial charge in [-0.25, -0.2) is 4.98 Å². The van der Waals surface area contributed by atoms with Gasteiger partial charge in [-0.2, -0.15) is 0 Å². The van der Waals surface area contributed by atoms with Crippen molar-refractivity contribution < 1.29 is 4.79 Å². The van der Waals surface area contributed by atoms with Gasteiger partial charge in [0, 0.05) is 58.1 Å². The molecular formula is C16H27N5O. The van der Waals surface area contributed by atoms with Gasteiger partial charge in [0.2, 0.25) is 5.91 Å². The summed E-state index contributed by atoms with van der Waals surface area (Å²) < 4.78 is 2.07. The van der Waals surface area contributed by atoms with Crippen LogP contribution in [0, 0.1) is 0 Å². The Morgan fingerprint density at radius 1 is 1.45 bits per heavy atom. The minimum atomic E-state index is 0.198. The highest BCUT2D eigenvalue weighted by molar-refractivity contribution is 5.76. The lowest BCUT2D eigenvalue weighted by molar-refractivity contribution is -0.122. The molecule has 1 amide bonds. The Morgan fingerprint density at radius 3 is 3.00 bits per heavy atom. The van der Waals surface area contributed by atoms with Gasteiger partial charge in [-0.3, -0.25) is 9.69 Å². The molecule has 1 saturated heterocycles. The lowest BCUT2D eigenvalue weighted by Crippen LogP contribution is -2.48. The number of nitrogens with one attached hydrogen (secondary N) is 2. The van der Waals surface area contributed by atoms with Crippen LogP contribution in [-0.2, 0) is 11.8 Å². The van der Waals surface area contributed by atoms with Crippen LogP contribution in [0.1, 0.15) is 44.0 Å². The lowest BCUT2D eigenvalue weighted by atomic mass is 10.1. The zero-order valence-electron chi connectivity index (χ0n) is 13.4. The molecule has 1 atom stereocenters. The van der Waals surface area contributed by atoms with Gasteiger partial charge in [-0.15, -0.1) is 0 Å². The molecule has 122 valence electrons. The number of carbonyl (C=O) groups is 1. The fourth-order valence-electron chi connectivity index (χ4n) is 3.58. The van der Waals surface area contributed by atoms with E-state index in [4.69, 9.17) is 0 Å². The summed E-state index contributed by atoms with van der Waals surface area (Å²) in [6.45, 7) is 3.65. The Bertz CT molecular complexity index is 494. The highest BCUT2D eigenvalue weighted by Gasteiger charge is 2.27. The molecule has 2 N–H and O–H groups in total. The number of hydrogen-bond acceptors (Lipinski definition) is 4. The van der Waals surface area contributed by atoms with Crippen molar-refractivity contribution in [2.24, 2.45) is 7.05 Å². The van der Waals surface area contributed by atoms with E-state index in [2.05, 4.69) is 25.1 Å². The topological polar surface area (TPSA) is 62.2 Å². The molecule has 0 aromatic carbocycles. The third kappa shape index (κ3) is 3.67. The van der Waals surface area contributed by atoms with Crippen molar-refractivity contribution >= 4 is 5.91 Å². The largest absolute Gasteiger partial charge is 0.353 e. The summed E-state index contributed by atoms with van der Waals surface area (Å²) in [6, 6.07) is 0.675. The monoisotopic (exact) mass is 305 g/mol. The van der Waals surface area contributed by atoms with Crippen LogP contribution in [0.15, 0.2) is 12.4 Å². The Balaban J connectivity index is 1.53. The highest BCUT2D eigenvalue weighted by atomic mass is 16.1. The van der Waals surface area contributed by atoms with Gasteiger partial charge in [0.1, 0.15) is 5.82 Å². The quantitative estimate of drug-likeness (QED) is 0.845. The normalized spacial score (nSPS) is 23.8. The molecule has 1 aliphatic carbocycles. The van der Waals surface area contributed by atoms with Crippen molar-refractivity contribution in [3.8, 4) is 0 Å². The molecule has 22 heavy (non-hydrogen) atoms. The minimum absolute atomic E-state index is 0.198. The van der Waals surface area contributed by atoms with Gasteiger partial charge in [0.25, 0.3) is 0 Å². The zero-order valence-corrected chi connectivity index (χ0v) is 13.4. The molecule has 0 spiro atoms. The number of imidazole rings is 1. The van der Waals surface area contributed by atoms with Crippen molar-refractivity contribution in [1.82, 2.24) is 25.1 Å². The van der Waals surface area contributed by atoms with Crippen molar-refractivity contribution in [1.29, 1.82) is 0 Å². The van der Waals surface area contributed by atoms with Gasteiger partial charge in [-0.05, 0) is 12.8 Å². The first-order valence-electron chi connectivity index (χ1n) is 8.45. The summed E-state index contributed by atoms with van der Waals surface area (Å²) in [5.74, 6) is 1.27. The third-order valence-corrected chi connectivity index (χ3v) is 4.86. The van der Waals surface area contributed by atoms with E-state index in [9.17, 15) is 4.79 Å². The van der Waals surface area contributed by atoms with Gasteiger partial charge < -0.3 is 15.2 Å².